The second-order valence-electron chi connectivity index (χ2n) is 6.36. The molecule has 14 nitrogen and oxygen atoms in total. The largest absolute Gasteiger partial charge is 0.418 e. The molecule has 2 bridgehead atoms. The van der Waals surface area contributed by atoms with Crippen molar-refractivity contribution in [3.8, 4) is 0 Å². The van der Waals surface area contributed by atoms with E-state index in [0.29, 0.717) is 18.3 Å². The van der Waals surface area contributed by atoms with Crippen LogP contribution >= 0.6 is 0 Å². The molecule has 3 heterocycles. The zero-order chi connectivity index (χ0) is 20.5. The van der Waals surface area contributed by atoms with E-state index in [1.54, 1.807) is 0 Å². The third kappa shape index (κ3) is 5.56. The van der Waals surface area contributed by atoms with Crippen molar-refractivity contribution >= 4 is 63.7 Å². The van der Waals surface area contributed by atoms with Crippen molar-refractivity contribution in [3.05, 3.63) is 0 Å². The summed E-state index contributed by atoms with van der Waals surface area (Å²) in [6.07, 6.45) is 0.400. The summed E-state index contributed by atoms with van der Waals surface area (Å²) in [6.45, 7) is 1.15. The van der Waals surface area contributed by atoms with Gasteiger partial charge in [-0.3, -0.25) is 29.8 Å². The number of fused-ring (bicyclic) bond motifs is 2. The molecule has 3 fully saturated rings. The zero-order valence-corrected chi connectivity index (χ0v) is 18.4. The van der Waals surface area contributed by atoms with E-state index in [2.05, 4.69) is 9.71 Å². The van der Waals surface area contributed by atoms with Crippen molar-refractivity contribution in [2.75, 3.05) is 32.8 Å². The summed E-state index contributed by atoms with van der Waals surface area (Å²) >= 11 is 0. The number of hydrogen-bond acceptors (Lipinski definition) is 8. The molecular formula is C13H19N5NaO9S. The normalized spacial score (nSPS) is 24.0. The Bertz CT molecular complexity index is 788. The van der Waals surface area contributed by atoms with Crippen LogP contribution in [0.5, 0.6) is 0 Å². The minimum absolute atomic E-state index is 0. The number of rotatable bonds is 3. The Morgan fingerprint density at radius 1 is 1.14 bits per heavy atom. The van der Waals surface area contributed by atoms with Crippen LogP contribution in [0.4, 0.5) is 4.79 Å². The molecule has 29 heavy (non-hydrogen) atoms. The Morgan fingerprint density at radius 3 is 2.41 bits per heavy atom. The number of carbonyl (C=O) groups excluding carboxylic acids is 4. The van der Waals surface area contributed by atoms with Crippen LogP contribution in [0.25, 0.3) is 0 Å². The molecule has 1 radical (unpaired) electrons. The van der Waals surface area contributed by atoms with Gasteiger partial charge in [0.1, 0.15) is 6.04 Å². The molecule has 3 N–H and O–H groups in total. The Balaban J connectivity index is 0.00000300. The topological polar surface area (TPSA) is 175 Å². The van der Waals surface area contributed by atoms with Crippen molar-refractivity contribution in [2.45, 2.75) is 24.9 Å². The smallest absolute Gasteiger partial charge is 0.378 e. The van der Waals surface area contributed by atoms with Crippen molar-refractivity contribution in [3.63, 3.8) is 0 Å². The predicted molar refractivity (Wildman–Crippen MR) is 92.8 cm³/mol. The van der Waals surface area contributed by atoms with Crippen LogP contribution < -0.4 is 10.9 Å². The molecule has 0 spiro atoms. The summed E-state index contributed by atoms with van der Waals surface area (Å²) in [5.41, 5.74) is 4.11. The van der Waals surface area contributed by atoms with Crippen molar-refractivity contribution in [1.29, 1.82) is 0 Å². The van der Waals surface area contributed by atoms with Gasteiger partial charge >= 0.3 is 28.2 Å². The van der Waals surface area contributed by atoms with Crippen LogP contribution in [0, 0.1) is 0 Å². The second kappa shape index (κ2) is 9.55. The van der Waals surface area contributed by atoms with Gasteiger partial charge in [0, 0.05) is 49.2 Å². The van der Waals surface area contributed by atoms with Gasteiger partial charge in [-0.15, -0.1) is 4.28 Å². The summed E-state index contributed by atoms with van der Waals surface area (Å²) in [6, 6.07) is -2.55. The van der Waals surface area contributed by atoms with Gasteiger partial charge < -0.3 is 14.5 Å². The van der Waals surface area contributed by atoms with Gasteiger partial charge in [-0.25, -0.2) is 4.79 Å². The third-order valence-corrected chi connectivity index (χ3v) is 4.94. The van der Waals surface area contributed by atoms with Crippen molar-refractivity contribution in [2.24, 2.45) is 0 Å². The first-order valence-corrected chi connectivity index (χ1v) is 9.77. The maximum atomic E-state index is 12.3. The third-order valence-electron chi connectivity index (χ3n) is 4.59. The average Bonchev–Trinajstić information content (AvgIpc) is 2.89. The molecule has 0 aromatic carbocycles. The molecule has 0 aromatic rings. The van der Waals surface area contributed by atoms with E-state index in [0.717, 1.165) is 4.90 Å². The summed E-state index contributed by atoms with van der Waals surface area (Å²) in [5.74, 6) is -2.60. The van der Waals surface area contributed by atoms with Crippen molar-refractivity contribution in [1.82, 2.24) is 25.7 Å². The summed E-state index contributed by atoms with van der Waals surface area (Å²) in [5, 5.41) is 0.503. The number of piperidine rings is 1. The molecule has 3 aliphatic heterocycles. The number of hydrogen-bond donors (Lipinski definition) is 3. The van der Waals surface area contributed by atoms with Gasteiger partial charge in [0.25, 0.3) is 5.91 Å². The van der Waals surface area contributed by atoms with Crippen LogP contribution in [0.15, 0.2) is 0 Å². The molecule has 0 aromatic heterocycles. The first-order chi connectivity index (χ1) is 13.2. The summed E-state index contributed by atoms with van der Waals surface area (Å²) < 4.78 is 39.8. The van der Waals surface area contributed by atoms with Gasteiger partial charge in [-0.2, -0.15) is 13.5 Å². The van der Waals surface area contributed by atoms with E-state index in [4.69, 9.17) is 9.29 Å². The predicted octanol–water partition coefficient (Wildman–Crippen LogP) is -3.39. The molecule has 2 atom stereocenters. The van der Waals surface area contributed by atoms with E-state index < -0.39 is 46.2 Å². The standard InChI is InChI=1S/C13H19N5O9S.Na/c19-10(14-15-11(20)12(21)16-3-5-26-6-4-16)9-2-1-8-7-17(9)13(22)18(8)27-28(23,24)25;/h8-9H,1-7H2,(H,14,19)(H,15,20)(H,23,24,25);/t8-,9+;/m1./s1. The summed E-state index contributed by atoms with van der Waals surface area (Å²) in [7, 11) is -4.89. The minimum Gasteiger partial charge on any atom is -0.378 e. The van der Waals surface area contributed by atoms with Crippen LogP contribution in [0.1, 0.15) is 12.8 Å². The van der Waals surface area contributed by atoms with E-state index in [9.17, 15) is 27.6 Å². The van der Waals surface area contributed by atoms with Crippen molar-refractivity contribution < 1.29 is 41.2 Å². The maximum Gasteiger partial charge on any atom is 0.418 e. The summed E-state index contributed by atoms with van der Waals surface area (Å²) in [4.78, 5) is 50.8. The van der Waals surface area contributed by atoms with E-state index in [-0.39, 0.29) is 62.0 Å². The quantitative estimate of drug-likeness (QED) is 0.174. The molecule has 3 aliphatic rings. The number of morpholine rings is 1. The molecule has 5 amide bonds. The molecule has 157 valence electrons. The Morgan fingerprint density at radius 2 is 1.79 bits per heavy atom. The minimum atomic E-state index is -4.89. The number of ether oxygens (including phenoxy) is 1. The SMILES string of the molecule is O=C(NNC(=O)[C@@H]1CC[C@@H]2CN1C(=O)N2OS(=O)(=O)O)C(=O)N1CCOCC1.[Na]. The fraction of sp³-hybridized carbons (Fsp3) is 0.692. The van der Waals surface area contributed by atoms with Gasteiger partial charge in [0.05, 0.1) is 19.3 Å². The zero-order valence-electron chi connectivity index (χ0n) is 15.6. The molecular weight excluding hydrogens is 425 g/mol. The fourth-order valence-electron chi connectivity index (χ4n) is 3.27. The van der Waals surface area contributed by atoms with Crippen LogP contribution in [0.3, 0.4) is 0 Å². The molecule has 3 rings (SSSR count). The monoisotopic (exact) mass is 444 g/mol. The van der Waals surface area contributed by atoms with Crippen LogP contribution in [0.2, 0.25) is 0 Å². The molecule has 3 saturated heterocycles. The molecule has 0 unspecified atom stereocenters. The van der Waals surface area contributed by atoms with Gasteiger partial charge in [0.15, 0.2) is 0 Å². The first-order valence-electron chi connectivity index (χ1n) is 8.41. The van der Waals surface area contributed by atoms with E-state index in [1.165, 1.54) is 4.90 Å². The number of carbonyl (C=O) groups is 4. The van der Waals surface area contributed by atoms with Crippen LogP contribution in [-0.2, 0) is 33.8 Å². The number of nitrogens with zero attached hydrogens (tertiary/aromatic N) is 3. The van der Waals surface area contributed by atoms with Gasteiger partial charge in [0.2, 0.25) is 0 Å². The number of nitrogens with one attached hydrogen (secondary N) is 2. The van der Waals surface area contributed by atoms with Gasteiger partial charge in [-0.05, 0) is 12.8 Å². The van der Waals surface area contributed by atoms with Gasteiger partial charge in [-0.1, -0.05) is 0 Å². The maximum absolute atomic E-state index is 12.3. The molecule has 0 saturated carbocycles. The Kier molecular flexibility index (Phi) is 7.83. The molecule has 0 aliphatic carbocycles. The number of urea groups is 1. The van der Waals surface area contributed by atoms with E-state index in [1.807, 2.05) is 5.43 Å². The number of hydrazine groups is 1. The number of amides is 5. The second-order valence-corrected chi connectivity index (χ2v) is 7.36. The number of hydroxylamine groups is 2. The first kappa shape index (κ1) is 23.8. The van der Waals surface area contributed by atoms with E-state index >= 15 is 0 Å². The Hall–Kier alpha value is -1.49. The fourth-order valence-corrected chi connectivity index (χ4v) is 3.66. The van der Waals surface area contributed by atoms with Crippen LogP contribution in [-0.4, -0.2) is 126 Å². The molecule has 16 heteroatoms. The average molecular weight is 444 g/mol. The Labute approximate surface area is 188 Å².